The van der Waals surface area contributed by atoms with E-state index in [0.717, 1.165) is 29.3 Å². The molecule has 0 aliphatic carbocycles. The van der Waals surface area contributed by atoms with Crippen molar-refractivity contribution in [2.45, 2.75) is 23.7 Å². The van der Waals surface area contributed by atoms with Crippen molar-refractivity contribution in [1.29, 1.82) is 0 Å². The summed E-state index contributed by atoms with van der Waals surface area (Å²) in [5.74, 6) is -0.159. The Morgan fingerprint density at radius 1 is 1.13 bits per heavy atom. The van der Waals surface area contributed by atoms with E-state index in [9.17, 15) is 14.0 Å². The molecule has 31 heavy (non-hydrogen) atoms. The van der Waals surface area contributed by atoms with Crippen LogP contribution in [0.1, 0.15) is 33.6 Å². The first-order valence-corrected chi connectivity index (χ1v) is 11.7. The van der Waals surface area contributed by atoms with Gasteiger partial charge in [-0.3, -0.25) is 9.59 Å². The molecular weight excluding hydrogens is 435 g/mol. The summed E-state index contributed by atoms with van der Waals surface area (Å²) in [6.45, 7) is 1.32. The summed E-state index contributed by atoms with van der Waals surface area (Å²) in [5, 5.41) is 11.9. The van der Waals surface area contributed by atoms with Gasteiger partial charge < -0.3 is 10.2 Å². The number of thioether (sulfide) groups is 1. The van der Waals surface area contributed by atoms with Crippen molar-refractivity contribution in [3.05, 3.63) is 70.4 Å². The zero-order chi connectivity index (χ0) is 21.6. The first-order valence-electron chi connectivity index (χ1n) is 9.94. The maximum absolute atomic E-state index is 13.0. The number of benzene rings is 2. The van der Waals surface area contributed by atoms with Crippen molar-refractivity contribution in [3.63, 3.8) is 0 Å². The molecule has 160 valence electrons. The normalized spacial score (nSPS) is 16.2. The van der Waals surface area contributed by atoms with Crippen molar-refractivity contribution in [3.8, 4) is 0 Å². The molecule has 1 atom stereocenters. The van der Waals surface area contributed by atoms with Gasteiger partial charge in [0.25, 0.3) is 5.91 Å². The zero-order valence-electron chi connectivity index (χ0n) is 16.7. The van der Waals surface area contributed by atoms with E-state index in [4.69, 9.17) is 0 Å². The largest absolute Gasteiger partial charge is 0.341 e. The molecule has 3 aromatic rings. The molecule has 1 saturated heterocycles. The average Bonchev–Trinajstić information content (AvgIpc) is 3.30. The van der Waals surface area contributed by atoms with E-state index in [1.165, 1.54) is 47.4 Å². The highest BCUT2D eigenvalue weighted by Crippen LogP contribution is 2.30. The summed E-state index contributed by atoms with van der Waals surface area (Å²) in [6.07, 6.45) is 1.80. The van der Waals surface area contributed by atoms with Gasteiger partial charge in [0.2, 0.25) is 10.9 Å². The number of nitrogens with zero attached hydrogens (tertiary/aromatic N) is 3. The van der Waals surface area contributed by atoms with E-state index in [1.807, 2.05) is 35.2 Å². The fourth-order valence-corrected chi connectivity index (χ4v) is 5.05. The van der Waals surface area contributed by atoms with E-state index in [1.54, 1.807) is 0 Å². The minimum absolute atomic E-state index is 0.0734. The fraction of sp³-hybridized carbons (Fsp3) is 0.273. The van der Waals surface area contributed by atoms with Gasteiger partial charge in [-0.2, -0.15) is 0 Å². The molecule has 0 spiro atoms. The Balaban J connectivity index is 1.34. The third-order valence-corrected chi connectivity index (χ3v) is 7.05. The quantitative estimate of drug-likeness (QED) is 0.556. The molecule has 6 nitrogen and oxygen atoms in total. The van der Waals surface area contributed by atoms with Gasteiger partial charge in [-0.25, -0.2) is 4.39 Å². The van der Waals surface area contributed by atoms with Gasteiger partial charge in [-0.1, -0.05) is 29.5 Å². The maximum Gasteiger partial charge on any atom is 0.286 e. The van der Waals surface area contributed by atoms with Gasteiger partial charge in [-0.05, 0) is 49.2 Å². The van der Waals surface area contributed by atoms with Crippen LogP contribution in [0.15, 0.2) is 59.5 Å². The number of carbonyl (C=O) groups is 2. The number of amides is 2. The average molecular weight is 457 g/mol. The van der Waals surface area contributed by atoms with E-state index >= 15 is 0 Å². The van der Waals surface area contributed by atoms with Gasteiger partial charge in [0.15, 0.2) is 0 Å². The first-order chi connectivity index (χ1) is 15.1. The number of nitrogens with one attached hydrogen (secondary N) is 1. The molecule has 9 heteroatoms. The molecule has 0 saturated carbocycles. The van der Waals surface area contributed by atoms with E-state index in [2.05, 4.69) is 15.5 Å². The van der Waals surface area contributed by atoms with E-state index in [0.29, 0.717) is 18.0 Å². The molecule has 1 aliphatic rings. The molecule has 0 radical (unpaired) electrons. The van der Waals surface area contributed by atoms with Crippen LogP contribution in [0.5, 0.6) is 0 Å². The minimum Gasteiger partial charge on any atom is -0.341 e. The maximum atomic E-state index is 13.0. The SMILES string of the molecule is O=C(Nc1ccc(F)cc1)c1nnc([C@@H]2CCCN(C(=O)CSc3ccccc3)C2)s1. The van der Waals surface area contributed by atoms with Gasteiger partial charge in [-0.15, -0.1) is 22.0 Å². The zero-order valence-corrected chi connectivity index (χ0v) is 18.3. The number of halogens is 1. The Bertz CT molecular complexity index is 1040. The lowest BCUT2D eigenvalue weighted by Crippen LogP contribution is -2.40. The lowest BCUT2D eigenvalue weighted by Gasteiger charge is -2.31. The van der Waals surface area contributed by atoms with Gasteiger partial charge in [0.05, 0.1) is 5.75 Å². The third-order valence-electron chi connectivity index (χ3n) is 4.97. The van der Waals surface area contributed by atoms with Crippen LogP contribution in [0.2, 0.25) is 0 Å². The smallest absolute Gasteiger partial charge is 0.286 e. The molecule has 2 aromatic carbocycles. The number of likely N-dealkylation sites (tertiary alicyclic amines) is 1. The predicted molar refractivity (Wildman–Crippen MR) is 120 cm³/mol. The highest BCUT2D eigenvalue weighted by Gasteiger charge is 2.28. The second-order valence-electron chi connectivity index (χ2n) is 7.19. The van der Waals surface area contributed by atoms with Crippen molar-refractivity contribution in [2.24, 2.45) is 0 Å². The van der Waals surface area contributed by atoms with Crippen LogP contribution in [0, 0.1) is 5.82 Å². The van der Waals surface area contributed by atoms with Crippen molar-refractivity contribution in [2.75, 3.05) is 24.2 Å². The van der Waals surface area contributed by atoms with Gasteiger partial charge >= 0.3 is 0 Å². The number of piperidine rings is 1. The molecule has 1 aliphatic heterocycles. The number of hydrogen-bond donors (Lipinski definition) is 1. The second-order valence-corrected chi connectivity index (χ2v) is 9.24. The van der Waals surface area contributed by atoms with Crippen LogP contribution in [0.3, 0.4) is 0 Å². The molecule has 4 rings (SSSR count). The molecule has 1 N–H and O–H groups in total. The minimum atomic E-state index is -0.377. The summed E-state index contributed by atoms with van der Waals surface area (Å²) in [4.78, 5) is 28.0. The van der Waals surface area contributed by atoms with Crippen LogP contribution in [0.4, 0.5) is 10.1 Å². The molecular formula is C22H21FN4O2S2. The van der Waals surface area contributed by atoms with Crippen LogP contribution in [0.25, 0.3) is 0 Å². The number of anilines is 1. The topological polar surface area (TPSA) is 75.2 Å². The third kappa shape index (κ3) is 5.68. The van der Waals surface area contributed by atoms with Crippen molar-refractivity contribution < 1.29 is 14.0 Å². The molecule has 1 fully saturated rings. The molecule has 1 aromatic heterocycles. The summed E-state index contributed by atoms with van der Waals surface area (Å²) >= 11 is 2.78. The van der Waals surface area contributed by atoms with Crippen molar-refractivity contribution in [1.82, 2.24) is 15.1 Å². The standard InChI is InChI=1S/C22H21FN4O2S2/c23-16-8-10-17(11-9-16)24-20(29)22-26-25-21(31-22)15-5-4-12-27(13-15)19(28)14-30-18-6-2-1-3-7-18/h1-3,6-11,15H,4-5,12-14H2,(H,24,29)/t15-/m1/s1. The first kappa shape index (κ1) is 21.5. The van der Waals surface area contributed by atoms with E-state index in [-0.39, 0.29) is 28.6 Å². The Kier molecular flexibility index (Phi) is 6.93. The summed E-state index contributed by atoms with van der Waals surface area (Å²) < 4.78 is 13.0. The van der Waals surface area contributed by atoms with Gasteiger partial charge in [0.1, 0.15) is 10.8 Å². The molecule has 0 bridgehead atoms. The highest BCUT2D eigenvalue weighted by molar-refractivity contribution is 8.00. The Labute approximate surface area is 187 Å². The number of hydrogen-bond acceptors (Lipinski definition) is 6. The second kappa shape index (κ2) is 10.0. The Morgan fingerprint density at radius 2 is 1.90 bits per heavy atom. The van der Waals surface area contributed by atoms with E-state index < -0.39 is 0 Å². The molecule has 0 unspecified atom stereocenters. The summed E-state index contributed by atoms with van der Waals surface area (Å²) in [6, 6.07) is 15.4. The van der Waals surface area contributed by atoms with Crippen LogP contribution in [-0.4, -0.2) is 45.8 Å². The van der Waals surface area contributed by atoms with Crippen molar-refractivity contribution >= 4 is 40.6 Å². The van der Waals surface area contributed by atoms with Gasteiger partial charge in [0, 0.05) is 29.6 Å². The number of aromatic nitrogens is 2. The lowest BCUT2D eigenvalue weighted by atomic mass is 9.99. The Hall–Kier alpha value is -2.78. The summed E-state index contributed by atoms with van der Waals surface area (Å²) in [7, 11) is 0. The van der Waals surface area contributed by atoms with Crippen LogP contribution < -0.4 is 5.32 Å². The number of rotatable bonds is 6. The monoisotopic (exact) mass is 456 g/mol. The molecule has 2 amide bonds. The lowest BCUT2D eigenvalue weighted by molar-refractivity contribution is -0.129. The van der Waals surface area contributed by atoms with Crippen LogP contribution in [-0.2, 0) is 4.79 Å². The number of carbonyl (C=O) groups excluding carboxylic acids is 2. The Morgan fingerprint density at radius 3 is 2.68 bits per heavy atom. The summed E-state index contributed by atoms with van der Waals surface area (Å²) in [5.41, 5.74) is 0.494. The predicted octanol–water partition coefficient (Wildman–Crippen LogP) is 4.43. The van der Waals surface area contributed by atoms with Crippen LogP contribution >= 0.6 is 23.1 Å². The fourth-order valence-electron chi connectivity index (χ4n) is 3.37. The molecule has 2 heterocycles. The highest BCUT2D eigenvalue weighted by atomic mass is 32.2.